The number of hydrogen-bond acceptors (Lipinski definition) is 3. The van der Waals surface area contributed by atoms with E-state index < -0.39 is 10.2 Å². The zero-order chi connectivity index (χ0) is 11.7. The van der Waals surface area contributed by atoms with Crippen molar-refractivity contribution in [3.05, 3.63) is 11.6 Å². The average Bonchev–Trinajstić information content (AvgIpc) is 2.15. The maximum atomic E-state index is 12.3. The van der Waals surface area contributed by atoms with Crippen molar-refractivity contribution in [2.75, 3.05) is 13.1 Å². The molecule has 0 aliphatic heterocycles. The van der Waals surface area contributed by atoms with Gasteiger partial charge in [-0.2, -0.15) is 8.42 Å². The molecule has 15 heavy (non-hydrogen) atoms. The van der Waals surface area contributed by atoms with E-state index in [9.17, 15) is 12.3 Å². The molecule has 0 radical (unpaired) electrons. The Morgan fingerprint density at radius 2 is 1.60 bits per heavy atom. The van der Waals surface area contributed by atoms with E-state index in [1.165, 1.54) is 6.20 Å². The lowest BCUT2D eigenvalue weighted by molar-refractivity contribution is 0.360. The van der Waals surface area contributed by atoms with Crippen LogP contribution in [0.5, 0.6) is 0 Å². The van der Waals surface area contributed by atoms with Crippen LogP contribution in [0.25, 0.3) is 0 Å². The molecule has 0 rings (SSSR count). The third-order valence-electron chi connectivity index (χ3n) is 2.03. The first-order valence-corrected chi connectivity index (χ1v) is 6.81. The van der Waals surface area contributed by atoms with Crippen LogP contribution in [-0.2, 0) is 10.2 Å². The fourth-order valence-corrected chi connectivity index (χ4v) is 1.46. The van der Waals surface area contributed by atoms with Crippen LogP contribution >= 0.6 is 0 Å². The summed E-state index contributed by atoms with van der Waals surface area (Å²) in [5.41, 5.74) is 0. The van der Waals surface area contributed by atoms with Crippen LogP contribution in [-0.4, -0.2) is 26.4 Å². The molecule has 0 saturated heterocycles. The molecule has 0 N–H and O–H groups in total. The zero-order valence-corrected chi connectivity index (χ0v) is 10.3. The number of unbranched alkanes of at least 4 members (excludes halogenated alkanes) is 2. The number of nitrogens with zero attached hydrogens (tertiary/aromatic N) is 1. The smallest absolute Gasteiger partial charge is 0.326 e. The topological polar surface area (TPSA) is 37.4 Å². The van der Waals surface area contributed by atoms with Gasteiger partial charge in [-0.15, -0.1) is 3.89 Å². The van der Waals surface area contributed by atoms with E-state index in [1.807, 2.05) is 4.90 Å². The summed E-state index contributed by atoms with van der Waals surface area (Å²) in [4.78, 5) is 1.85. The van der Waals surface area contributed by atoms with Crippen LogP contribution < -0.4 is 0 Å². The first-order valence-electron chi connectivity index (χ1n) is 5.36. The highest BCUT2D eigenvalue weighted by atomic mass is 32.3. The van der Waals surface area contributed by atoms with Crippen molar-refractivity contribution in [2.24, 2.45) is 0 Å². The summed E-state index contributed by atoms with van der Waals surface area (Å²) < 4.78 is 32.9. The summed E-state index contributed by atoms with van der Waals surface area (Å²) >= 11 is 0. The van der Waals surface area contributed by atoms with Gasteiger partial charge >= 0.3 is 10.2 Å². The molecular formula is C10H20FNO2S. The van der Waals surface area contributed by atoms with Crippen molar-refractivity contribution in [2.45, 2.75) is 39.5 Å². The number of halogens is 1. The Morgan fingerprint density at radius 1 is 1.13 bits per heavy atom. The maximum Gasteiger partial charge on any atom is 0.326 e. The van der Waals surface area contributed by atoms with Gasteiger partial charge in [0, 0.05) is 19.3 Å². The SMILES string of the molecule is CCCCN(/C=C/S(=O)(=O)F)CCCC. The number of hydrogen-bond donors (Lipinski definition) is 0. The van der Waals surface area contributed by atoms with Crippen molar-refractivity contribution in [3.8, 4) is 0 Å². The Labute approximate surface area is 92.2 Å². The van der Waals surface area contributed by atoms with Crippen LogP contribution in [0.2, 0.25) is 0 Å². The molecule has 0 aromatic carbocycles. The highest BCUT2D eigenvalue weighted by Crippen LogP contribution is 2.02. The lowest BCUT2D eigenvalue weighted by atomic mass is 10.3. The van der Waals surface area contributed by atoms with Gasteiger partial charge in [0.1, 0.15) is 0 Å². The minimum atomic E-state index is -4.49. The molecule has 0 bridgehead atoms. The molecule has 3 nitrogen and oxygen atoms in total. The summed E-state index contributed by atoms with van der Waals surface area (Å²) in [5, 5.41) is 0.623. The third kappa shape index (κ3) is 9.72. The predicted octanol–water partition coefficient (Wildman–Crippen LogP) is 2.66. The first kappa shape index (κ1) is 14.4. The van der Waals surface area contributed by atoms with Gasteiger partial charge in [0.05, 0.1) is 5.41 Å². The van der Waals surface area contributed by atoms with Gasteiger partial charge in [-0.05, 0) is 12.8 Å². The summed E-state index contributed by atoms with van der Waals surface area (Å²) in [5.74, 6) is 0. The summed E-state index contributed by atoms with van der Waals surface area (Å²) in [6.45, 7) is 5.69. The second kappa shape index (κ2) is 7.68. The Hall–Kier alpha value is -0.580. The Bertz CT molecular complexity index is 267. The lowest BCUT2D eigenvalue weighted by Gasteiger charge is -2.19. The van der Waals surface area contributed by atoms with Crippen LogP contribution in [0, 0.1) is 0 Å². The van der Waals surface area contributed by atoms with Crippen molar-refractivity contribution < 1.29 is 12.3 Å². The van der Waals surface area contributed by atoms with Crippen molar-refractivity contribution >= 4 is 10.2 Å². The van der Waals surface area contributed by atoms with E-state index in [1.54, 1.807) is 0 Å². The summed E-state index contributed by atoms with van der Waals surface area (Å²) in [6, 6.07) is 0. The van der Waals surface area contributed by atoms with Crippen molar-refractivity contribution in [1.82, 2.24) is 4.90 Å². The normalized spacial score (nSPS) is 12.2. The molecule has 5 heteroatoms. The fourth-order valence-electron chi connectivity index (χ4n) is 1.14. The van der Waals surface area contributed by atoms with Crippen LogP contribution in [0.1, 0.15) is 39.5 Å². The minimum Gasteiger partial charge on any atom is -0.377 e. The largest absolute Gasteiger partial charge is 0.377 e. The monoisotopic (exact) mass is 237 g/mol. The van der Waals surface area contributed by atoms with Gasteiger partial charge in [-0.25, -0.2) is 0 Å². The molecule has 0 atom stereocenters. The molecule has 0 heterocycles. The zero-order valence-electron chi connectivity index (χ0n) is 9.45. The molecule has 0 spiro atoms. The Morgan fingerprint density at radius 3 is 1.93 bits per heavy atom. The molecule has 0 amide bonds. The van der Waals surface area contributed by atoms with Crippen molar-refractivity contribution in [1.29, 1.82) is 0 Å². The summed E-state index contributed by atoms with van der Waals surface area (Å²) in [6.07, 6.45) is 5.39. The van der Waals surface area contributed by atoms with Crippen molar-refractivity contribution in [3.63, 3.8) is 0 Å². The second-order valence-corrected chi connectivity index (χ2v) is 4.73. The molecule has 0 aliphatic rings. The van der Waals surface area contributed by atoms with Gasteiger partial charge in [-0.1, -0.05) is 26.7 Å². The fraction of sp³-hybridized carbons (Fsp3) is 0.800. The maximum absolute atomic E-state index is 12.3. The quantitative estimate of drug-likeness (QED) is 0.609. The van der Waals surface area contributed by atoms with Gasteiger partial charge in [0.2, 0.25) is 0 Å². The summed E-state index contributed by atoms with van der Waals surface area (Å²) in [7, 11) is -4.49. The third-order valence-corrected chi connectivity index (χ3v) is 2.48. The predicted molar refractivity (Wildman–Crippen MR) is 60.6 cm³/mol. The van der Waals surface area contributed by atoms with Crippen LogP contribution in [0.15, 0.2) is 11.6 Å². The Kier molecular flexibility index (Phi) is 7.38. The molecular weight excluding hydrogens is 217 g/mol. The first-order chi connectivity index (χ1) is 6.99. The van der Waals surface area contributed by atoms with E-state index in [0.717, 1.165) is 38.8 Å². The second-order valence-electron chi connectivity index (χ2n) is 3.50. The minimum absolute atomic E-state index is 0.623. The average molecular weight is 237 g/mol. The van der Waals surface area contributed by atoms with E-state index in [4.69, 9.17) is 0 Å². The van der Waals surface area contributed by atoms with E-state index in [-0.39, 0.29) is 0 Å². The molecule has 0 aromatic rings. The van der Waals surface area contributed by atoms with Gasteiger partial charge in [0.15, 0.2) is 0 Å². The molecule has 0 saturated carbocycles. The molecule has 0 unspecified atom stereocenters. The standard InChI is InChI=1S/C10H20FNO2S/c1-3-5-7-12(8-6-4-2)9-10-15(11,13)14/h9-10H,3-8H2,1-2H3/b10-9+. The molecule has 0 fully saturated rings. The molecule has 0 aliphatic carbocycles. The van der Waals surface area contributed by atoms with Gasteiger partial charge in [0.25, 0.3) is 0 Å². The lowest BCUT2D eigenvalue weighted by Crippen LogP contribution is -2.20. The van der Waals surface area contributed by atoms with Gasteiger partial charge < -0.3 is 4.90 Å². The van der Waals surface area contributed by atoms with E-state index in [0.29, 0.717) is 5.41 Å². The highest BCUT2D eigenvalue weighted by Gasteiger charge is 2.02. The van der Waals surface area contributed by atoms with Crippen LogP contribution in [0.4, 0.5) is 3.89 Å². The Balaban J connectivity index is 4.16. The molecule has 0 aromatic heterocycles. The van der Waals surface area contributed by atoms with Crippen LogP contribution in [0.3, 0.4) is 0 Å². The number of rotatable bonds is 8. The molecule has 90 valence electrons. The van der Waals surface area contributed by atoms with E-state index >= 15 is 0 Å². The highest BCUT2D eigenvalue weighted by molar-refractivity contribution is 7.89. The van der Waals surface area contributed by atoms with E-state index in [2.05, 4.69) is 13.8 Å². The van der Waals surface area contributed by atoms with Gasteiger partial charge in [-0.3, -0.25) is 0 Å².